The van der Waals surface area contributed by atoms with Gasteiger partial charge in [-0.25, -0.2) is 0 Å². The second-order valence-electron chi connectivity index (χ2n) is 9.31. The van der Waals surface area contributed by atoms with Crippen LogP contribution < -0.4 is 0 Å². The lowest BCUT2D eigenvalue weighted by atomic mass is 9.81. The number of phenols is 1. The monoisotopic (exact) mass is 361 g/mol. The number of hydrogen-bond donors (Lipinski definition) is 1. The van der Waals surface area contributed by atoms with Crippen molar-refractivity contribution in [1.82, 2.24) is 4.98 Å². The fourth-order valence-electron chi connectivity index (χ4n) is 3.67. The molecule has 0 radical (unpaired) electrons. The highest BCUT2D eigenvalue weighted by molar-refractivity contribution is 5.97. The average molecular weight is 362 g/mol. The van der Waals surface area contributed by atoms with E-state index in [1.807, 2.05) is 12.1 Å². The van der Waals surface area contributed by atoms with E-state index >= 15 is 0 Å². The molecular weight excluding hydrogens is 330 g/mol. The smallest absolute Gasteiger partial charge is 0.116 e. The Bertz CT molecular complexity index is 947. The van der Waals surface area contributed by atoms with E-state index in [0.717, 1.165) is 23.7 Å². The van der Waals surface area contributed by atoms with Crippen molar-refractivity contribution in [3.63, 3.8) is 0 Å². The molecule has 1 N–H and O–H groups in total. The van der Waals surface area contributed by atoms with E-state index in [1.54, 1.807) is 6.07 Å². The lowest BCUT2D eigenvalue weighted by molar-refractivity contribution is 0.408. The van der Waals surface area contributed by atoms with Crippen LogP contribution in [-0.4, -0.2) is 10.1 Å². The maximum Gasteiger partial charge on any atom is 0.116 e. The molecule has 0 fully saturated rings. The van der Waals surface area contributed by atoms with E-state index in [0.29, 0.717) is 5.92 Å². The van der Waals surface area contributed by atoms with Gasteiger partial charge in [0.05, 0.1) is 5.52 Å². The number of aromatic hydroxyl groups is 1. The number of phenolic OH excluding ortho intramolecular Hbond substituents is 1. The van der Waals surface area contributed by atoms with E-state index in [-0.39, 0.29) is 11.2 Å². The van der Waals surface area contributed by atoms with Crippen LogP contribution in [0.5, 0.6) is 5.75 Å². The van der Waals surface area contributed by atoms with Crippen molar-refractivity contribution >= 4 is 10.9 Å². The van der Waals surface area contributed by atoms with Crippen molar-refractivity contribution in [1.29, 1.82) is 0 Å². The molecule has 1 heterocycles. The van der Waals surface area contributed by atoms with Gasteiger partial charge in [-0.15, -0.1) is 0 Å². The number of nitrogens with zero attached hydrogens (tertiary/aromatic N) is 1. The highest BCUT2D eigenvalue weighted by Crippen LogP contribution is 2.38. The normalized spacial score (nSPS) is 12.1. The van der Waals surface area contributed by atoms with Gasteiger partial charge in [-0.3, -0.25) is 4.98 Å². The number of pyridine rings is 1. The first kappa shape index (κ1) is 19.4. The number of rotatable bonds is 4. The molecule has 3 rings (SSSR count). The Morgan fingerprint density at radius 1 is 1.00 bits per heavy atom. The van der Waals surface area contributed by atoms with E-state index in [9.17, 15) is 5.11 Å². The number of aromatic nitrogens is 1. The standard InChI is InChI=1S/C25H31NO/c1-16(2)13-23-21(15-25(4,5)6)24(18-9-7-17(3)8-10-18)20-14-19(27)11-12-22(20)26-23/h7-12,14,16,27H,13,15H2,1-6H3. The first-order valence-electron chi connectivity index (χ1n) is 9.85. The molecule has 2 aromatic carbocycles. The first-order valence-corrected chi connectivity index (χ1v) is 9.85. The van der Waals surface area contributed by atoms with E-state index in [1.165, 1.54) is 27.9 Å². The van der Waals surface area contributed by atoms with Crippen LogP contribution in [0, 0.1) is 18.3 Å². The Kier molecular flexibility index (Phi) is 5.28. The molecule has 0 atom stereocenters. The molecule has 0 spiro atoms. The quantitative estimate of drug-likeness (QED) is 0.560. The van der Waals surface area contributed by atoms with Gasteiger partial charge in [0.1, 0.15) is 5.75 Å². The highest BCUT2D eigenvalue weighted by atomic mass is 16.3. The zero-order valence-corrected chi connectivity index (χ0v) is 17.4. The van der Waals surface area contributed by atoms with Gasteiger partial charge in [0.25, 0.3) is 0 Å². The SMILES string of the molecule is Cc1ccc(-c2c(CC(C)(C)C)c(CC(C)C)nc3ccc(O)cc23)cc1. The second kappa shape index (κ2) is 7.34. The summed E-state index contributed by atoms with van der Waals surface area (Å²) < 4.78 is 0. The van der Waals surface area contributed by atoms with Gasteiger partial charge in [0, 0.05) is 11.1 Å². The van der Waals surface area contributed by atoms with Crippen molar-refractivity contribution in [2.75, 3.05) is 0 Å². The van der Waals surface area contributed by atoms with Crippen LogP contribution in [0.1, 0.15) is 51.4 Å². The molecule has 142 valence electrons. The minimum atomic E-state index is 0.150. The summed E-state index contributed by atoms with van der Waals surface area (Å²) in [4.78, 5) is 5.03. The molecule has 0 saturated heterocycles. The number of fused-ring (bicyclic) bond motifs is 1. The van der Waals surface area contributed by atoms with Gasteiger partial charge in [-0.2, -0.15) is 0 Å². The molecule has 0 saturated carbocycles. The van der Waals surface area contributed by atoms with Crippen molar-refractivity contribution in [2.45, 2.75) is 54.4 Å². The molecule has 0 aliphatic heterocycles. The van der Waals surface area contributed by atoms with Gasteiger partial charge in [0.2, 0.25) is 0 Å². The Labute approximate surface area is 163 Å². The fraction of sp³-hybridized carbons (Fsp3) is 0.400. The summed E-state index contributed by atoms with van der Waals surface area (Å²) in [6.07, 6.45) is 1.91. The minimum Gasteiger partial charge on any atom is -0.508 e. The Balaban J connectivity index is 2.39. The van der Waals surface area contributed by atoms with Gasteiger partial charge < -0.3 is 5.11 Å². The van der Waals surface area contributed by atoms with Crippen LogP contribution in [0.4, 0.5) is 0 Å². The van der Waals surface area contributed by atoms with Crippen LogP contribution >= 0.6 is 0 Å². The first-order chi connectivity index (χ1) is 12.6. The molecular formula is C25H31NO. The third-order valence-corrected chi connectivity index (χ3v) is 4.80. The summed E-state index contributed by atoms with van der Waals surface area (Å²) in [5.74, 6) is 0.827. The number of aryl methyl sites for hydroxylation is 1. The van der Waals surface area contributed by atoms with Crippen LogP contribution in [0.3, 0.4) is 0 Å². The topological polar surface area (TPSA) is 33.1 Å². The highest BCUT2D eigenvalue weighted by Gasteiger charge is 2.22. The number of benzene rings is 2. The van der Waals surface area contributed by atoms with Gasteiger partial charge in [-0.1, -0.05) is 64.4 Å². The van der Waals surface area contributed by atoms with Crippen molar-refractivity contribution in [3.05, 3.63) is 59.3 Å². The Morgan fingerprint density at radius 3 is 2.26 bits per heavy atom. The zero-order chi connectivity index (χ0) is 19.8. The average Bonchev–Trinajstić information content (AvgIpc) is 2.55. The summed E-state index contributed by atoms with van der Waals surface area (Å²) in [5, 5.41) is 11.2. The van der Waals surface area contributed by atoms with Crippen molar-refractivity contribution < 1.29 is 5.11 Å². The van der Waals surface area contributed by atoms with Crippen molar-refractivity contribution in [2.24, 2.45) is 11.3 Å². The third-order valence-electron chi connectivity index (χ3n) is 4.80. The molecule has 2 nitrogen and oxygen atoms in total. The zero-order valence-electron chi connectivity index (χ0n) is 17.4. The van der Waals surface area contributed by atoms with Crippen molar-refractivity contribution in [3.8, 4) is 16.9 Å². The molecule has 27 heavy (non-hydrogen) atoms. The molecule has 1 aromatic heterocycles. The predicted octanol–water partition coefficient (Wildman–Crippen LogP) is 6.70. The predicted molar refractivity (Wildman–Crippen MR) is 115 cm³/mol. The molecule has 2 heteroatoms. The summed E-state index contributed by atoms with van der Waals surface area (Å²) >= 11 is 0. The van der Waals surface area contributed by atoms with E-state index < -0.39 is 0 Å². The fourth-order valence-corrected chi connectivity index (χ4v) is 3.67. The number of hydrogen-bond acceptors (Lipinski definition) is 2. The molecule has 0 bridgehead atoms. The second-order valence-corrected chi connectivity index (χ2v) is 9.31. The summed E-state index contributed by atoms with van der Waals surface area (Å²) in [6, 6.07) is 14.2. The summed E-state index contributed by atoms with van der Waals surface area (Å²) in [6.45, 7) is 13.4. The lowest BCUT2D eigenvalue weighted by Crippen LogP contribution is -2.15. The molecule has 0 amide bonds. The maximum atomic E-state index is 10.2. The van der Waals surface area contributed by atoms with Gasteiger partial charge >= 0.3 is 0 Å². The molecule has 3 aromatic rings. The molecule has 0 aliphatic rings. The van der Waals surface area contributed by atoms with Gasteiger partial charge in [0.15, 0.2) is 0 Å². The van der Waals surface area contributed by atoms with Crippen LogP contribution in [0.15, 0.2) is 42.5 Å². The van der Waals surface area contributed by atoms with Crippen LogP contribution in [-0.2, 0) is 12.8 Å². The Hall–Kier alpha value is -2.35. The van der Waals surface area contributed by atoms with E-state index in [4.69, 9.17) is 4.98 Å². The maximum absolute atomic E-state index is 10.2. The van der Waals surface area contributed by atoms with Gasteiger partial charge in [-0.05, 0) is 66.0 Å². The summed E-state index contributed by atoms with van der Waals surface area (Å²) in [5.41, 5.74) is 7.28. The third kappa shape index (κ3) is 4.50. The summed E-state index contributed by atoms with van der Waals surface area (Å²) in [7, 11) is 0. The minimum absolute atomic E-state index is 0.150. The van der Waals surface area contributed by atoms with E-state index in [2.05, 4.69) is 65.8 Å². The molecule has 0 aliphatic carbocycles. The van der Waals surface area contributed by atoms with Crippen LogP contribution in [0.2, 0.25) is 0 Å². The Morgan fingerprint density at radius 2 is 1.67 bits per heavy atom. The molecule has 0 unspecified atom stereocenters. The van der Waals surface area contributed by atoms with Crippen LogP contribution in [0.25, 0.3) is 22.0 Å². The lowest BCUT2D eigenvalue weighted by Gasteiger charge is -2.25. The largest absolute Gasteiger partial charge is 0.508 e.